The minimum Gasteiger partial charge on any atom is -0.444 e. The molecule has 1 aromatic heterocycles. The Labute approximate surface area is 109 Å². The second-order valence-corrected chi connectivity index (χ2v) is 6.28. The molecule has 4 heteroatoms. The van der Waals surface area contributed by atoms with Gasteiger partial charge in [0.1, 0.15) is 11.4 Å². The number of rotatable bonds is 1. The van der Waals surface area contributed by atoms with Gasteiger partial charge >= 0.3 is 6.09 Å². The van der Waals surface area contributed by atoms with Gasteiger partial charge in [-0.2, -0.15) is 0 Å². The van der Waals surface area contributed by atoms with Crippen LogP contribution in [0, 0.1) is 0 Å². The van der Waals surface area contributed by atoms with Gasteiger partial charge in [-0.1, -0.05) is 26.8 Å². The molecule has 1 rings (SSSR count). The van der Waals surface area contributed by atoms with Gasteiger partial charge in [0.15, 0.2) is 0 Å². The van der Waals surface area contributed by atoms with Gasteiger partial charge in [-0.25, -0.2) is 9.78 Å². The number of hydrogen-bond donors (Lipinski definition) is 1. The molecule has 1 heterocycles. The van der Waals surface area contributed by atoms with Gasteiger partial charge in [0.2, 0.25) is 0 Å². The van der Waals surface area contributed by atoms with E-state index in [2.05, 4.69) is 31.1 Å². The summed E-state index contributed by atoms with van der Waals surface area (Å²) in [5, 5.41) is 2.64. The Bertz CT molecular complexity index is 428. The third-order valence-corrected chi connectivity index (χ3v) is 2.15. The Morgan fingerprint density at radius 2 is 1.78 bits per heavy atom. The lowest BCUT2D eigenvalue weighted by Gasteiger charge is -2.21. The highest BCUT2D eigenvalue weighted by atomic mass is 16.6. The minimum absolute atomic E-state index is 0.0500. The zero-order valence-corrected chi connectivity index (χ0v) is 12.0. The second-order valence-electron chi connectivity index (χ2n) is 6.28. The van der Waals surface area contributed by atoms with Crippen LogP contribution in [0.15, 0.2) is 18.2 Å². The molecule has 1 aromatic rings. The number of nitrogens with one attached hydrogen (secondary N) is 1. The number of carbonyl (C=O) groups excluding carboxylic acids is 1. The highest BCUT2D eigenvalue weighted by molar-refractivity contribution is 5.83. The predicted octanol–water partition coefficient (Wildman–Crippen LogP) is 3.73. The molecule has 0 aliphatic carbocycles. The van der Waals surface area contributed by atoms with Gasteiger partial charge in [0, 0.05) is 11.1 Å². The number of nitrogens with zero attached hydrogens (tertiary/aromatic N) is 1. The molecular formula is C14H22N2O2. The van der Waals surface area contributed by atoms with E-state index in [4.69, 9.17) is 4.74 Å². The fourth-order valence-electron chi connectivity index (χ4n) is 1.33. The van der Waals surface area contributed by atoms with Crippen LogP contribution in [0.4, 0.5) is 10.6 Å². The number of ether oxygens (including phenoxy) is 1. The quantitative estimate of drug-likeness (QED) is 0.826. The smallest absolute Gasteiger partial charge is 0.413 e. The Kier molecular flexibility index (Phi) is 3.99. The zero-order chi connectivity index (χ0) is 14.0. The molecule has 18 heavy (non-hydrogen) atoms. The summed E-state index contributed by atoms with van der Waals surface area (Å²) in [6.07, 6.45) is -0.485. The van der Waals surface area contributed by atoms with Crippen molar-refractivity contribution in [3.05, 3.63) is 23.9 Å². The SMILES string of the molecule is CC(C)(C)OC(=O)Nc1cccc(C(C)(C)C)n1. The molecule has 1 N–H and O–H groups in total. The molecule has 0 saturated heterocycles. The molecule has 1 amide bonds. The van der Waals surface area contributed by atoms with Crippen molar-refractivity contribution in [2.45, 2.75) is 52.6 Å². The number of carbonyl (C=O) groups is 1. The largest absolute Gasteiger partial charge is 0.444 e. The molecule has 0 aromatic carbocycles. The molecule has 0 radical (unpaired) electrons. The zero-order valence-electron chi connectivity index (χ0n) is 12.0. The average Bonchev–Trinajstić information content (AvgIpc) is 2.13. The number of amides is 1. The third kappa shape index (κ3) is 4.73. The summed E-state index contributed by atoms with van der Waals surface area (Å²) < 4.78 is 5.18. The Morgan fingerprint density at radius 3 is 2.28 bits per heavy atom. The first-order valence-corrected chi connectivity index (χ1v) is 6.05. The molecule has 0 bridgehead atoms. The Balaban J connectivity index is 2.77. The molecule has 0 unspecified atom stereocenters. The van der Waals surface area contributed by atoms with Crippen LogP contribution < -0.4 is 5.32 Å². The first-order chi connectivity index (χ1) is 8.08. The van der Waals surface area contributed by atoms with Crippen LogP contribution in [0.1, 0.15) is 47.2 Å². The first kappa shape index (κ1) is 14.5. The predicted molar refractivity (Wildman–Crippen MR) is 72.8 cm³/mol. The molecule has 0 aliphatic rings. The average molecular weight is 250 g/mol. The highest BCUT2D eigenvalue weighted by Crippen LogP contribution is 2.21. The lowest BCUT2D eigenvalue weighted by Crippen LogP contribution is -2.27. The topological polar surface area (TPSA) is 51.2 Å². The summed E-state index contributed by atoms with van der Waals surface area (Å²) in [6, 6.07) is 5.57. The second kappa shape index (κ2) is 4.96. The normalized spacial score (nSPS) is 12.1. The molecular weight excluding hydrogens is 228 g/mol. The fraction of sp³-hybridized carbons (Fsp3) is 0.571. The molecule has 4 nitrogen and oxygen atoms in total. The van der Waals surface area contributed by atoms with Crippen molar-refractivity contribution in [1.82, 2.24) is 4.98 Å². The van der Waals surface area contributed by atoms with Crippen molar-refractivity contribution in [2.24, 2.45) is 0 Å². The summed E-state index contributed by atoms with van der Waals surface area (Å²) >= 11 is 0. The molecule has 0 atom stereocenters. The molecule has 0 fully saturated rings. The maximum atomic E-state index is 11.6. The third-order valence-electron chi connectivity index (χ3n) is 2.15. The van der Waals surface area contributed by atoms with E-state index in [-0.39, 0.29) is 5.41 Å². The number of anilines is 1. The van der Waals surface area contributed by atoms with Crippen LogP contribution in [0.5, 0.6) is 0 Å². The van der Waals surface area contributed by atoms with Gasteiger partial charge in [-0.3, -0.25) is 5.32 Å². The summed E-state index contributed by atoms with van der Waals surface area (Å²) in [5.74, 6) is 0.511. The van der Waals surface area contributed by atoms with Crippen molar-refractivity contribution >= 4 is 11.9 Å². The lowest BCUT2D eigenvalue weighted by molar-refractivity contribution is 0.0635. The van der Waals surface area contributed by atoms with E-state index in [1.165, 1.54) is 0 Å². The van der Waals surface area contributed by atoms with E-state index in [1.54, 1.807) is 6.07 Å². The Hall–Kier alpha value is -1.58. The summed E-state index contributed by atoms with van der Waals surface area (Å²) in [7, 11) is 0. The van der Waals surface area contributed by atoms with Crippen LogP contribution in [0.25, 0.3) is 0 Å². The van der Waals surface area contributed by atoms with E-state index >= 15 is 0 Å². The van der Waals surface area contributed by atoms with E-state index in [9.17, 15) is 4.79 Å². The van der Waals surface area contributed by atoms with Crippen LogP contribution in [-0.4, -0.2) is 16.7 Å². The maximum absolute atomic E-state index is 11.6. The molecule has 0 spiro atoms. The van der Waals surface area contributed by atoms with E-state index in [0.717, 1.165) is 5.69 Å². The minimum atomic E-state index is -0.508. The summed E-state index contributed by atoms with van der Waals surface area (Å²) in [6.45, 7) is 11.7. The number of pyridine rings is 1. The van der Waals surface area contributed by atoms with Crippen molar-refractivity contribution in [3.63, 3.8) is 0 Å². The maximum Gasteiger partial charge on any atom is 0.413 e. The van der Waals surface area contributed by atoms with Crippen LogP contribution in [0.3, 0.4) is 0 Å². The van der Waals surface area contributed by atoms with Crippen molar-refractivity contribution in [2.75, 3.05) is 5.32 Å². The Morgan fingerprint density at radius 1 is 1.17 bits per heavy atom. The van der Waals surface area contributed by atoms with E-state index < -0.39 is 11.7 Å². The van der Waals surface area contributed by atoms with Gasteiger partial charge < -0.3 is 4.74 Å². The van der Waals surface area contributed by atoms with Gasteiger partial charge in [0.25, 0.3) is 0 Å². The van der Waals surface area contributed by atoms with Gasteiger partial charge in [0.05, 0.1) is 0 Å². The van der Waals surface area contributed by atoms with E-state index in [1.807, 2.05) is 32.9 Å². The molecule has 100 valence electrons. The number of hydrogen-bond acceptors (Lipinski definition) is 3. The monoisotopic (exact) mass is 250 g/mol. The van der Waals surface area contributed by atoms with Crippen molar-refractivity contribution in [3.8, 4) is 0 Å². The van der Waals surface area contributed by atoms with Gasteiger partial charge in [-0.15, -0.1) is 0 Å². The fourth-order valence-corrected chi connectivity index (χ4v) is 1.33. The van der Waals surface area contributed by atoms with Crippen molar-refractivity contribution < 1.29 is 9.53 Å². The summed E-state index contributed by atoms with van der Waals surface area (Å²) in [4.78, 5) is 16.0. The molecule has 0 saturated carbocycles. The van der Waals surface area contributed by atoms with E-state index in [0.29, 0.717) is 5.82 Å². The highest BCUT2D eigenvalue weighted by Gasteiger charge is 2.18. The van der Waals surface area contributed by atoms with Crippen LogP contribution in [0.2, 0.25) is 0 Å². The lowest BCUT2D eigenvalue weighted by atomic mass is 9.92. The summed E-state index contributed by atoms with van der Waals surface area (Å²) in [5.41, 5.74) is 0.369. The molecule has 0 aliphatic heterocycles. The first-order valence-electron chi connectivity index (χ1n) is 6.05. The van der Waals surface area contributed by atoms with Crippen LogP contribution in [-0.2, 0) is 10.2 Å². The van der Waals surface area contributed by atoms with Crippen molar-refractivity contribution in [1.29, 1.82) is 0 Å². The van der Waals surface area contributed by atoms with Crippen LogP contribution >= 0.6 is 0 Å². The van der Waals surface area contributed by atoms with Gasteiger partial charge in [-0.05, 0) is 32.9 Å². The standard InChI is InChI=1S/C14H22N2O2/c1-13(2,3)10-8-7-9-11(15-10)16-12(17)18-14(4,5)6/h7-9H,1-6H3,(H,15,16,17). The number of aromatic nitrogens is 1.